The first-order valence-electron chi connectivity index (χ1n) is 7.12. The van der Waals surface area contributed by atoms with Crippen molar-refractivity contribution in [2.45, 2.75) is 33.1 Å². The molecule has 0 radical (unpaired) electrons. The third kappa shape index (κ3) is 3.08. The van der Waals surface area contributed by atoms with Crippen LogP contribution in [0.1, 0.15) is 45.7 Å². The summed E-state index contributed by atoms with van der Waals surface area (Å²) in [4.78, 5) is 13.6. The number of nitrogens with zero attached hydrogens (tertiary/aromatic N) is 1. The van der Waals surface area contributed by atoms with Crippen LogP contribution in [-0.4, -0.2) is 12.1 Å². The third-order valence-electron chi connectivity index (χ3n) is 3.77. The van der Waals surface area contributed by atoms with E-state index in [0.717, 1.165) is 30.6 Å². The van der Waals surface area contributed by atoms with Gasteiger partial charge < -0.3 is 4.42 Å². The number of fused-ring (bicyclic) bond motifs is 1. The van der Waals surface area contributed by atoms with Gasteiger partial charge in [0.2, 0.25) is 0 Å². The number of nitrogens with one attached hydrogen (secondary N) is 1. The Morgan fingerprint density at radius 2 is 2.38 bits per heavy atom. The summed E-state index contributed by atoms with van der Waals surface area (Å²) < 4.78 is 5.36. The van der Waals surface area contributed by atoms with Gasteiger partial charge in [-0.1, -0.05) is 6.92 Å². The highest BCUT2D eigenvalue weighted by Crippen LogP contribution is 2.32. The van der Waals surface area contributed by atoms with Crippen molar-refractivity contribution >= 4 is 23.5 Å². The molecule has 2 aromatic heterocycles. The van der Waals surface area contributed by atoms with Gasteiger partial charge in [0.1, 0.15) is 11.5 Å². The standard InChI is InChI=1S/C16H18N2O2S/c1-10-3-6-13-14(9-21-15(13)7-10)16(19)18-17-8-12-5-4-11(2)20-12/h4-5,8-10H,3,6-7H2,1-2H3,(H,18,19). The van der Waals surface area contributed by atoms with Crippen LogP contribution in [0.25, 0.3) is 0 Å². The molecule has 0 fully saturated rings. The van der Waals surface area contributed by atoms with Crippen molar-refractivity contribution in [1.82, 2.24) is 5.43 Å². The maximum atomic E-state index is 12.2. The number of aryl methyl sites for hydroxylation is 1. The molecule has 1 unspecified atom stereocenters. The molecule has 1 aliphatic carbocycles. The van der Waals surface area contributed by atoms with Gasteiger partial charge in [-0.15, -0.1) is 11.3 Å². The fourth-order valence-electron chi connectivity index (χ4n) is 2.61. The molecule has 1 amide bonds. The van der Waals surface area contributed by atoms with Gasteiger partial charge in [0, 0.05) is 10.3 Å². The largest absolute Gasteiger partial charge is 0.460 e. The fraction of sp³-hybridized carbons (Fsp3) is 0.375. The summed E-state index contributed by atoms with van der Waals surface area (Å²) in [6, 6.07) is 3.68. The van der Waals surface area contributed by atoms with Crippen molar-refractivity contribution in [2.24, 2.45) is 11.0 Å². The monoisotopic (exact) mass is 302 g/mol. The van der Waals surface area contributed by atoms with Crippen LogP contribution in [0, 0.1) is 12.8 Å². The zero-order valence-corrected chi connectivity index (χ0v) is 13.0. The summed E-state index contributed by atoms with van der Waals surface area (Å²) in [5.41, 5.74) is 4.56. The van der Waals surface area contributed by atoms with Crippen molar-refractivity contribution in [1.29, 1.82) is 0 Å². The lowest BCUT2D eigenvalue weighted by molar-refractivity contribution is 0.0954. The molecule has 0 saturated heterocycles. The Bertz CT molecular complexity index is 684. The summed E-state index contributed by atoms with van der Waals surface area (Å²) in [6.45, 7) is 4.13. The van der Waals surface area contributed by atoms with E-state index in [1.165, 1.54) is 16.7 Å². The van der Waals surface area contributed by atoms with Crippen LogP contribution in [0.3, 0.4) is 0 Å². The first kappa shape index (κ1) is 14.1. The van der Waals surface area contributed by atoms with Gasteiger partial charge in [-0.25, -0.2) is 5.43 Å². The predicted octanol–water partition coefficient (Wildman–Crippen LogP) is 3.54. The molecule has 0 bridgehead atoms. The minimum Gasteiger partial charge on any atom is -0.460 e. The molecule has 2 heterocycles. The Morgan fingerprint density at radius 1 is 1.52 bits per heavy atom. The zero-order chi connectivity index (χ0) is 14.8. The highest BCUT2D eigenvalue weighted by atomic mass is 32.1. The Hall–Kier alpha value is -1.88. The van der Waals surface area contributed by atoms with Gasteiger partial charge in [0.15, 0.2) is 0 Å². The summed E-state index contributed by atoms with van der Waals surface area (Å²) >= 11 is 1.69. The molecule has 21 heavy (non-hydrogen) atoms. The number of hydrogen-bond acceptors (Lipinski definition) is 4. The maximum Gasteiger partial charge on any atom is 0.272 e. The molecule has 2 aromatic rings. The second-order valence-corrected chi connectivity index (χ2v) is 6.51. The van der Waals surface area contributed by atoms with E-state index in [1.807, 2.05) is 24.4 Å². The lowest BCUT2D eigenvalue weighted by Crippen LogP contribution is -2.20. The fourth-order valence-corrected chi connectivity index (χ4v) is 3.85. The van der Waals surface area contributed by atoms with Crippen LogP contribution < -0.4 is 5.43 Å². The lowest BCUT2D eigenvalue weighted by Gasteiger charge is -2.18. The summed E-state index contributed by atoms with van der Waals surface area (Å²) in [7, 11) is 0. The van der Waals surface area contributed by atoms with Crippen LogP contribution in [-0.2, 0) is 12.8 Å². The van der Waals surface area contributed by atoms with Gasteiger partial charge in [-0.3, -0.25) is 4.79 Å². The third-order valence-corrected chi connectivity index (χ3v) is 4.82. The van der Waals surface area contributed by atoms with E-state index in [4.69, 9.17) is 4.42 Å². The highest BCUT2D eigenvalue weighted by Gasteiger charge is 2.22. The SMILES string of the molecule is Cc1ccc(C=NNC(=O)c2csc3c2CCC(C)C3)o1. The Kier molecular flexibility index (Phi) is 3.92. The highest BCUT2D eigenvalue weighted by molar-refractivity contribution is 7.10. The van der Waals surface area contributed by atoms with Crippen LogP contribution >= 0.6 is 11.3 Å². The van der Waals surface area contributed by atoms with Crippen molar-refractivity contribution < 1.29 is 9.21 Å². The van der Waals surface area contributed by atoms with Crippen LogP contribution in [0.15, 0.2) is 27.0 Å². The van der Waals surface area contributed by atoms with E-state index in [2.05, 4.69) is 17.5 Å². The van der Waals surface area contributed by atoms with Gasteiger partial charge in [0.05, 0.1) is 11.8 Å². The summed E-state index contributed by atoms with van der Waals surface area (Å²) in [6.07, 6.45) is 4.75. The first-order chi connectivity index (χ1) is 10.1. The number of amides is 1. The normalized spacial score (nSPS) is 17.9. The molecule has 0 spiro atoms. The average molecular weight is 302 g/mol. The smallest absolute Gasteiger partial charge is 0.272 e. The first-order valence-corrected chi connectivity index (χ1v) is 8.00. The van der Waals surface area contributed by atoms with E-state index < -0.39 is 0 Å². The van der Waals surface area contributed by atoms with E-state index >= 15 is 0 Å². The van der Waals surface area contributed by atoms with E-state index in [-0.39, 0.29) is 5.91 Å². The van der Waals surface area contributed by atoms with E-state index in [1.54, 1.807) is 11.3 Å². The van der Waals surface area contributed by atoms with Gasteiger partial charge in [0.25, 0.3) is 5.91 Å². The second-order valence-electron chi connectivity index (χ2n) is 5.55. The molecule has 5 heteroatoms. The summed E-state index contributed by atoms with van der Waals surface area (Å²) in [5, 5.41) is 5.91. The maximum absolute atomic E-state index is 12.2. The van der Waals surface area contributed by atoms with Crippen LogP contribution in [0.5, 0.6) is 0 Å². The van der Waals surface area contributed by atoms with Gasteiger partial charge in [-0.05, 0) is 49.8 Å². The minimum absolute atomic E-state index is 0.137. The lowest BCUT2D eigenvalue weighted by atomic mass is 9.88. The number of rotatable bonds is 3. The molecular weight excluding hydrogens is 284 g/mol. The minimum atomic E-state index is -0.137. The second kappa shape index (κ2) is 5.85. The Labute approximate surface area is 127 Å². The van der Waals surface area contributed by atoms with Crippen molar-refractivity contribution in [3.8, 4) is 0 Å². The topological polar surface area (TPSA) is 54.6 Å². The molecule has 1 N–H and O–H groups in total. The van der Waals surface area contributed by atoms with Crippen molar-refractivity contribution in [3.05, 3.63) is 45.0 Å². The molecule has 110 valence electrons. The van der Waals surface area contributed by atoms with Crippen molar-refractivity contribution in [3.63, 3.8) is 0 Å². The molecule has 1 atom stereocenters. The Balaban J connectivity index is 1.67. The predicted molar refractivity (Wildman–Crippen MR) is 84.0 cm³/mol. The number of hydrogen-bond donors (Lipinski definition) is 1. The van der Waals surface area contributed by atoms with Crippen LogP contribution in [0.4, 0.5) is 0 Å². The molecule has 1 aliphatic rings. The quantitative estimate of drug-likeness (QED) is 0.696. The van der Waals surface area contributed by atoms with E-state index in [0.29, 0.717) is 11.7 Å². The average Bonchev–Trinajstić information content (AvgIpc) is 3.04. The zero-order valence-electron chi connectivity index (χ0n) is 12.2. The Morgan fingerprint density at radius 3 is 3.14 bits per heavy atom. The van der Waals surface area contributed by atoms with E-state index in [9.17, 15) is 4.79 Å². The van der Waals surface area contributed by atoms with Gasteiger partial charge in [-0.2, -0.15) is 5.10 Å². The van der Waals surface area contributed by atoms with Crippen LogP contribution in [0.2, 0.25) is 0 Å². The molecule has 0 aromatic carbocycles. The number of hydrazone groups is 1. The number of carbonyl (C=O) groups excluding carboxylic acids is 1. The molecule has 0 aliphatic heterocycles. The van der Waals surface area contributed by atoms with Gasteiger partial charge >= 0.3 is 0 Å². The number of thiophene rings is 1. The molecule has 3 rings (SSSR count). The van der Waals surface area contributed by atoms with Crippen molar-refractivity contribution in [2.75, 3.05) is 0 Å². The summed E-state index contributed by atoms with van der Waals surface area (Å²) in [5.74, 6) is 2.03. The number of carbonyl (C=O) groups is 1. The molecule has 0 saturated carbocycles. The molecular formula is C16H18N2O2S. The molecule has 4 nitrogen and oxygen atoms in total. The number of furan rings is 1.